The summed E-state index contributed by atoms with van der Waals surface area (Å²) in [7, 11) is 0. The Hall–Kier alpha value is -2.89. The molecular formula is C24H32N4O2. The standard InChI is InChI=1S/C24H32N4O2/c1-7-9-19(13-28-14-22(26-27-28)16(5)15(3)4)25-18-10-11-21-17(6)20(8-2)24(29)30-23(21)12-18/h9-12,14-16,25H,7-8,13H2,1-6H3/b19-9+. The molecule has 6 heteroatoms. The molecule has 2 heterocycles. The van der Waals surface area contributed by atoms with Gasteiger partial charge in [0.2, 0.25) is 0 Å². The van der Waals surface area contributed by atoms with E-state index in [-0.39, 0.29) is 5.63 Å². The summed E-state index contributed by atoms with van der Waals surface area (Å²) >= 11 is 0. The Morgan fingerprint density at radius 1 is 1.27 bits per heavy atom. The Balaban J connectivity index is 1.84. The average Bonchev–Trinajstić information content (AvgIpc) is 3.16. The molecule has 1 N–H and O–H groups in total. The molecule has 0 amide bonds. The van der Waals surface area contributed by atoms with Crippen molar-refractivity contribution in [3.8, 4) is 0 Å². The zero-order chi connectivity index (χ0) is 21.8. The Morgan fingerprint density at radius 3 is 2.70 bits per heavy atom. The summed E-state index contributed by atoms with van der Waals surface area (Å²) in [5.41, 5.74) is 5.00. The molecule has 0 fully saturated rings. The van der Waals surface area contributed by atoms with Gasteiger partial charge >= 0.3 is 5.63 Å². The number of aromatic nitrogens is 3. The smallest absolute Gasteiger partial charge is 0.339 e. The Labute approximate surface area is 178 Å². The minimum Gasteiger partial charge on any atom is -0.422 e. The van der Waals surface area contributed by atoms with Gasteiger partial charge < -0.3 is 9.73 Å². The fraction of sp³-hybridized carbons (Fsp3) is 0.458. The molecule has 0 aliphatic heterocycles. The summed E-state index contributed by atoms with van der Waals surface area (Å²) in [4.78, 5) is 12.3. The second-order valence-electron chi connectivity index (χ2n) is 8.19. The summed E-state index contributed by atoms with van der Waals surface area (Å²) in [6, 6.07) is 5.92. The summed E-state index contributed by atoms with van der Waals surface area (Å²) in [5.74, 6) is 0.882. The van der Waals surface area contributed by atoms with Gasteiger partial charge in [-0.25, -0.2) is 9.48 Å². The van der Waals surface area contributed by atoms with Crippen LogP contribution >= 0.6 is 0 Å². The Kier molecular flexibility index (Phi) is 6.75. The van der Waals surface area contributed by atoms with Gasteiger partial charge in [0.25, 0.3) is 0 Å². The lowest BCUT2D eigenvalue weighted by Gasteiger charge is -2.13. The van der Waals surface area contributed by atoms with E-state index in [1.807, 2.05) is 42.9 Å². The van der Waals surface area contributed by atoms with E-state index in [1.54, 1.807) is 0 Å². The largest absolute Gasteiger partial charge is 0.422 e. The van der Waals surface area contributed by atoms with Gasteiger partial charge in [0.1, 0.15) is 5.58 Å². The predicted octanol–water partition coefficient (Wildman–Crippen LogP) is 5.42. The molecule has 0 aliphatic carbocycles. The lowest BCUT2D eigenvalue weighted by Crippen LogP contribution is -2.11. The van der Waals surface area contributed by atoms with E-state index in [4.69, 9.17) is 4.42 Å². The van der Waals surface area contributed by atoms with Crippen molar-refractivity contribution < 1.29 is 4.42 Å². The molecule has 0 radical (unpaired) electrons. The van der Waals surface area contributed by atoms with Crippen molar-refractivity contribution >= 4 is 16.7 Å². The predicted molar refractivity (Wildman–Crippen MR) is 122 cm³/mol. The quantitative estimate of drug-likeness (QED) is 0.504. The molecule has 1 aromatic carbocycles. The topological polar surface area (TPSA) is 73.0 Å². The van der Waals surface area contributed by atoms with Crippen LogP contribution in [0.4, 0.5) is 5.69 Å². The number of benzene rings is 1. The third kappa shape index (κ3) is 4.64. The number of anilines is 1. The number of fused-ring (bicyclic) bond motifs is 1. The van der Waals surface area contributed by atoms with Gasteiger partial charge in [0, 0.05) is 40.5 Å². The first kappa shape index (κ1) is 21.8. The first-order valence-electron chi connectivity index (χ1n) is 10.8. The van der Waals surface area contributed by atoms with Crippen molar-refractivity contribution in [3.05, 3.63) is 63.4 Å². The maximum absolute atomic E-state index is 12.3. The molecule has 0 bridgehead atoms. The zero-order valence-electron chi connectivity index (χ0n) is 18.8. The monoisotopic (exact) mass is 408 g/mol. The number of nitrogens with one attached hydrogen (secondary N) is 1. The highest BCUT2D eigenvalue weighted by molar-refractivity contribution is 5.84. The third-order valence-corrected chi connectivity index (χ3v) is 5.75. The Bertz CT molecular complexity index is 1110. The lowest BCUT2D eigenvalue weighted by molar-refractivity contribution is 0.522. The van der Waals surface area contributed by atoms with Crippen molar-refractivity contribution in [1.29, 1.82) is 0 Å². The van der Waals surface area contributed by atoms with E-state index in [0.717, 1.165) is 40.0 Å². The molecule has 1 atom stereocenters. The van der Waals surface area contributed by atoms with Crippen LogP contribution in [0.5, 0.6) is 0 Å². The zero-order valence-corrected chi connectivity index (χ0v) is 18.8. The van der Waals surface area contributed by atoms with Gasteiger partial charge in [-0.05, 0) is 43.4 Å². The highest BCUT2D eigenvalue weighted by Crippen LogP contribution is 2.25. The van der Waals surface area contributed by atoms with Gasteiger partial charge in [-0.3, -0.25) is 0 Å². The maximum Gasteiger partial charge on any atom is 0.339 e. The van der Waals surface area contributed by atoms with Crippen molar-refractivity contribution in [2.45, 2.75) is 66.8 Å². The van der Waals surface area contributed by atoms with Gasteiger partial charge in [-0.15, -0.1) is 5.10 Å². The van der Waals surface area contributed by atoms with E-state index in [1.165, 1.54) is 0 Å². The van der Waals surface area contributed by atoms with Gasteiger partial charge in [-0.1, -0.05) is 45.9 Å². The van der Waals surface area contributed by atoms with Crippen molar-refractivity contribution in [2.24, 2.45) is 5.92 Å². The lowest BCUT2D eigenvalue weighted by atomic mass is 9.95. The summed E-state index contributed by atoms with van der Waals surface area (Å²) in [5, 5.41) is 13.1. The summed E-state index contributed by atoms with van der Waals surface area (Å²) < 4.78 is 7.44. The van der Waals surface area contributed by atoms with Crippen LogP contribution in [0.1, 0.15) is 63.8 Å². The summed E-state index contributed by atoms with van der Waals surface area (Å²) in [6.07, 6.45) is 5.72. The molecule has 0 saturated carbocycles. The van der Waals surface area contributed by atoms with Crippen molar-refractivity contribution in [2.75, 3.05) is 5.32 Å². The van der Waals surface area contributed by atoms with Gasteiger partial charge in [-0.2, -0.15) is 0 Å². The van der Waals surface area contributed by atoms with Crippen LogP contribution in [-0.4, -0.2) is 15.0 Å². The van der Waals surface area contributed by atoms with Crippen LogP contribution in [-0.2, 0) is 13.0 Å². The number of hydrogen-bond donors (Lipinski definition) is 1. The van der Waals surface area contributed by atoms with Crippen LogP contribution in [0, 0.1) is 12.8 Å². The highest BCUT2D eigenvalue weighted by atomic mass is 16.4. The minimum absolute atomic E-state index is 0.251. The van der Waals surface area contributed by atoms with Crippen LogP contribution < -0.4 is 10.9 Å². The number of rotatable bonds is 8. The second-order valence-corrected chi connectivity index (χ2v) is 8.19. The molecule has 0 saturated heterocycles. The minimum atomic E-state index is -0.251. The van der Waals surface area contributed by atoms with Crippen molar-refractivity contribution in [3.63, 3.8) is 0 Å². The molecule has 30 heavy (non-hydrogen) atoms. The fourth-order valence-corrected chi connectivity index (χ4v) is 3.58. The SMILES string of the molecule is CC/C=C(\Cn1cc(C(C)C(C)C)nn1)Nc1ccc2c(C)c(CC)c(=O)oc2c1. The molecule has 6 nitrogen and oxygen atoms in total. The first-order valence-corrected chi connectivity index (χ1v) is 10.8. The van der Waals surface area contributed by atoms with Crippen molar-refractivity contribution in [1.82, 2.24) is 15.0 Å². The van der Waals surface area contributed by atoms with E-state index in [0.29, 0.717) is 30.4 Å². The number of hydrogen-bond acceptors (Lipinski definition) is 5. The molecule has 1 unspecified atom stereocenters. The molecule has 0 aliphatic rings. The first-order chi connectivity index (χ1) is 14.3. The number of allylic oxidation sites excluding steroid dienone is 2. The normalized spacial score (nSPS) is 13.2. The van der Waals surface area contributed by atoms with Crippen LogP contribution in [0.15, 0.2) is 45.4 Å². The third-order valence-electron chi connectivity index (χ3n) is 5.75. The van der Waals surface area contributed by atoms with E-state index < -0.39 is 0 Å². The van der Waals surface area contributed by atoms with Crippen LogP contribution in [0.3, 0.4) is 0 Å². The molecule has 0 spiro atoms. The Morgan fingerprint density at radius 2 is 2.03 bits per heavy atom. The van der Waals surface area contributed by atoms with Gasteiger partial charge in [0.05, 0.1) is 12.2 Å². The number of aryl methyl sites for hydroxylation is 1. The van der Waals surface area contributed by atoms with E-state index >= 15 is 0 Å². The molecule has 3 rings (SSSR count). The summed E-state index contributed by atoms with van der Waals surface area (Å²) in [6.45, 7) is 13.2. The van der Waals surface area contributed by atoms with E-state index in [9.17, 15) is 4.79 Å². The molecular weight excluding hydrogens is 376 g/mol. The molecule has 3 aromatic rings. The highest BCUT2D eigenvalue weighted by Gasteiger charge is 2.15. The fourth-order valence-electron chi connectivity index (χ4n) is 3.58. The average molecular weight is 409 g/mol. The molecule has 2 aromatic heterocycles. The molecule has 160 valence electrons. The van der Waals surface area contributed by atoms with Crippen LogP contribution in [0.25, 0.3) is 11.0 Å². The second kappa shape index (κ2) is 9.28. The number of nitrogens with zero attached hydrogens (tertiary/aromatic N) is 3. The van der Waals surface area contributed by atoms with Crippen LogP contribution in [0.2, 0.25) is 0 Å². The van der Waals surface area contributed by atoms with Gasteiger partial charge in [0.15, 0.2) is 0 Å². The maximum atomic E-state index is 12.3. The van der Waals surface area contributed by atoms with E-state index in [2.05, 4.69) is 49.4 Å².